The Morgan fingerprint density at radius 3 is 2.55 bits per heavy atom. The van der Waals surface area contributed by atoms with Gasteiger partial charge >= 0.3 is 0 Å². The van der Waals surface area contributed by atoms with Crippen molar-refractivity contribution in [3.63, 3.8) is 0 Å². The molecule has 0 fully saturated rings. The highest BCUT2D eigenvalue weighted by atomic mass is 32.1. The molecular formula is C24H21N3O3S. The van der Waals surface area contributed by atoms with Gasteiger partial charge in [-0.05, 0) is 36.1 Å². The highest BCUT2D eigenvalue weighted by Gasteiger charge is 2.45. The van der Waals surface area contributed by atoms with E-state index < -0.39 is 6.04 Å². The number of hydrogen-bond acceptors (Lipinski definition) is 6. The molecule has 0 radical (unpaired) electrons. The Bertz CT molecular complexity index is 1340. The van der Waals surface area contributed by atoms with Gasteiger partial charge in [0, 0.05) is 6.42 Å². The van der Waals surface area contributed by atoms with Crippen molar-refractivity contribution in [1.82, 2.24) is 10.2 Å². The zero-order valence-electron chi connectivity index (χ0n) is 17.3. The summed E-state index contributed by atoms with van der Waals surface area (Å²) in [5.74, 6) is -0.276. The van der Waals surface area contributed by atoms with Crippen molar-refractivity contribution < 1.29 is 9.21 Å². The summed E-state index contributed by atoms with van der Waals surface area (Å²) in [5.41, 5.74) is 2.62. The van der Waals surface area contributed by atoms with E-state index in [4.69, 9.17) is 4.42 Å². The average molecular weight is 432 g/mol. The predicted molar refractivity (Wildman–Crippen MR) is 121 cm³/mol. The first kappa shape index (κ1) is 19.6. The van der Waals surface area contributed by atoms with Crippen molar-refractivity contribution in [2.75, 3.05) is 4.90 Å². The molecule has 2 aromatic carbocycles. The lowest BCUT2D eigenvalue weighted by Crippen LogP contribution is -2.29. The summed E-state index contributed by atoms with van der Waals surface area (Å²) in [6.45, 7) is 4.16. The lowest BCUT2D eigenvalue weighted by molar-refractivity contribution is 0.0970. The summed E-state index contributed by atoms with van der Waals surface area (Å²) in [6, 6.07) is 14.4. The highest BCUT2D eigenvalue weighted by Crippen LogP contribution is 2.42. The van der Waals surface area contributed by atoms with Gasteiger partial charge in [0.1, 0.15) is 10.6 Å². The number of hydrogen-bond donors (Lipinski definition) is 0. The van der Waals surface area contributed by atoms with Crippen molar-refractivity contribution in [2.45, 2.75) is 39.2 Å². The molecule has 1 atom stereocenters. The van der Waals surface area contributed by atoms with Crippen LogP contribution in [-0.4, -0.2) is 16.1 Å². The monoisotopic (exact) mass is 431 g/mol. The number of amides is 1. The second-order valence-corrected chi connectivity index (χ2v) is 8.61. The molecule has 0 bridgehead atoms. The molecule has 3 heterocycles. The van der Waals surface area contributed by atoms with Gasteiger partial charge in [-0.2, -0.15) is 0 Å². The predicted octanol–water partition coefficient (Wildman–Crippen LogP) is 4.91. The molecule has 5 rings (SSSR count). The lowest BCUT2D eigenvalue weighted by Gasteiger charge is -2.22. The van der Waals surface area contributed by atoms with E-state index in [0.717, 1.165) is 29.8 Å². The molecule has 4 aromatic rings. The largest absolute Gasteiger partial charge is 0.450 e. The van der Waals surface area contributed by atoms with Crippen LogP contribution in [0.5, 0.6) is 0 Å². The summed E-state index contributed by atoms with van der Waals surface area (Å²) in [7, 11) is 0. The molecule has 7 heteroatoms. The fourth-order valence-electron chi connectivity index (χ4n) is 4.02. The molecule has 1 amide bonds. The minimum absolute atomic E-state index is 0.0838. The van der Waals surface area contributed by atoms with Crippen molar-refractivity contribution in [2.24, 2.45) is 0 Å². The third-order valence-corrected chi connectivity index (χ3v) is 6.59. The fourth-order valence-corrected chi connectivity index (χ4v) is 4.99. The fraction of sp³-hybridized carbons (Fsp3) is 0.250. The second kappa shape index (κ2) is 7.74. The molecule has 0 saturated heterocycles. The van der Waals surface area contributed by atoms with Crippen molar-refractivity contribution in [3.8, 4) is 0 Å². The molecule has 0 N–H and O–H groups in total. The van der Waals surface area contributed by atoms with Gasteiger partial charge < -0.3 is 4.42 Å². The molecule has 0 saturated carbocycles. The molecule has 0 aliphatic carbocycles. The van der Waals surface area contributed by atoms with Gasteiger partial charge in [-0.15, -0.1) is 10.2 Å². The van der Waals surface area contributed by atoms with Gasteiger partial charge in [-0.25, -0.2) is 0 Å². The van der Waals surface area contributed by atoms with Crippen LogP contribution in [0.2, 0.25) is 0 Å². The number of carbonyl (C=O) groups excluding carboxylic acids is 1. The van der Waals surface area contributed by atoms with E-state index >= 15 is 0 Å². The lowest BCUT2D eigenvalue weighted by atomic mass is 9.97. The standard InChI is InChI=1S/C24H21N3O3S/c1-3-7-18-25-26-24(31-18)27-20(15-12-10-14(4-2)11-13-15)19-21(28)16-8-5-6-9-17(16)30-22(19)23(27)29/h5-6,8-13,20H,3-4,7H2,1-2H3. The van der Waals surface area contributed by atoms with Crippen LogP contribution in [0.3, 0.4) is 0 Å². The van der Waals surface area contributed by atoms with Crippen LogP contribution >= 0.6 is 11.3 Å². The highest BCUT2D eigenvalue weighted by molar-refractivity contribution is 7.15. The molecule has 156 valence electrons. The van der Waals surface area contributed by atoms with Crippen LogP contribution < -0.4 is 10.3 Å². The number of carbonyl (C=O) groups is 1. The van der Waals surface area contributed by atoms with Crippen LogP contribution in [0.1, 0.15) is 58.6 Å². The first-order valence-corrected chi connectivity index (χ1v) is 11.2. The van der Waals surface area contributed by atoms with Crippen LogP contribution in [0.25, 0.3) is 11.0 Å². The van der Waals surface area contributed by atoms with Crippen molar-refractivity contribution in [1.29, 1.82) is 0 Å². The van der Waals surface area contributed by atoms with E-state index in [1.54, 1.807) is 29.2 Å². The van der Waals surface area contributed by atoms with E-state index in [0.29, 0.717) is 21.7 Å². The normalized spacial score (nSPS) is 15.6. The maximum absolute atomic E-state index is 13.5. The third kappa shape index (κ3) is 3.16. The number of aryl methyl sites for hydroxylation is 2. The molecule has 0 spiro atoms. The smallest absolute Gasteiger partial charge is 0.297 e. The van der Waals surface area contributed by atoms with Crippen molar-refractivity contribution in [3.05, 3.63) is 86.2 Å². The number of fused-ring (bicyclic) bond motifs is 2. The molecule has 1 aliphatic heterocycles. The molecular weight excluding hydrogens is 410 g/mol. The van der Waals surface area contributed by atoms with Crippen LogP contribution in [0.15, 0.2) is 57.7 Å². The average Bonchev–Trinajstić information content (AvgIpc) is 3.37. The van der Waals surface area contributed by atoms with Gasteiger partial charge in [0.25, 0.3) is 5.91 Å². The van der Waals surface area contributed by atoms with E-state index in [1.807, 2.05) is 24.3 Å². The van der Waals surface area contributed by atoms with Crippen LogP contribution in [-0.2, 0) is 12.8 Å². The minimum Gasteiger partial charge on any atom is -0.450 e. The van der Waals surface area contributed by atoms with Gasteiger partial charge in [0.15, 0.2) is 5.43 Å². The maximum atomic E-state index is 13.5. The Hall–Kier alpha value is -3.32. The first-order chi connectivity index (χ1) is 15.1. The van der Waals surface area contributed by atoms with Gasteiger partial charge in [0.05, 0.1) is 17.0 Å². The second-order valence-electron chi connectivity index (χ2n) is 7.57. The number of anilines is 1. The zero-order chi connectivity index (χ0) is 21.5. The van der Waals surface area contributed by atoms with E-state index in [2.05, 4.69) is 24.0 Å². The SMILES string of the molecule is CCCc1nnc(N2C(=O)c3oc4ccccc4c(=O)c3C2c2ccc(CC)cc2)s1. The Morgan fingerprint density at radius 2 is 1.81 bits per heavy atom. The maximum Gasteiger partial charge on any atom is 0.297 e. The quantitative estimate of drug-likeness (QED) is 0.449. The summed E-state index contributed by atoms with van der Waals surface area (Å²) >= 11 is 1.38. The topological polar surface area (TPSA) is 76.3 Å². The molecule has 1 unspecified atom stereocenters. The number of nitrogens with zero attached hydrogens (tertiary/aromatic N) is 3. The Morgan fingerprint density at radius 1 is 1.03 bits per heavy atom. The number of para-hydroxylation sites is 1. The number of aromatic nitrogens is 2. The first-order valence-electron chi connectivity index (χ1n) is 10.4. The number of benzene rings is 2. The van der Waals surface area contributed by atoms with Crippen LogP contribution in [0.4, 0.5) is 5.13 Å². The van der Waals surface area contributed by atoms with Crippen molar-refractivity contribution >= 4 is 33.3 Å². The summed E-state index contributed by atoms with van der Waals surface area (Å²) < 4.78 is 5.97. The summed E-state index contributed by atoms with van der Waals surface area (Å²) in [4.78, 5) is 28.5. The van der Waals surface area contributed by atoms with Gasteiger partial charge in [-0.3, -0.25) is 14.5 Å². The molecule has 6 nitrogen and oxygen atoms in total. The van der Waals surface area contributed by atoms with Crippen LogP contribution in [0, 0.1) is 0 Å². The summed E-state index contributed by atoms with van der Waals surface area (Å²) in [6.07, 6.45) is 2.65. The Balaban J connectivity index is 1.74. The zero-order valence-corrected chi connectivity index (χ0v) is 18.1. The van der Waals surface area contributed by atoms with E-state index in [1.165, 1.54) is 16.9 Å². The molecule has 1 aliphatic rings. The van der Waals surface area contributed by atoms with Gasteiger partial charge in [-0.1, -0.05) is 61.6 Å². The van der Waals surface area contributed by atoms with E-state index in [9.17, 15) is 9.59 Å². The van der Waals surface area contributed by atoms with Gasteiger partial charge in [0.2, 0.25) is 10.9 Å². The Labute approximate surface area is 183 Å². The summed E-state index contributed by atoms with van der Waals surface area (Å²) in [5, 5.41) is 10.3. The molecule has 31 heavy (non-hydrogen) atoms. The van der Waals surface area contributed by atoms with E-state index in [-0.39, 0.29) is 17.1 Å². The minimum atomic E-state index is -0.600. The third-order valence-electron chi connectivity index (χ3n) is 5.61. The molecule has 2 aromatic heterocycles. The Kier molecular flexibility index (Phi) is 4.90. The number of rotatable bonds is 5.